The Morgan fingerprint density at radius 1 is 1.03 bits per heavy atom. The second-order valence-electron chi connectivity index (χ2n) is 8.75. The van der Waals surface area contributed by atoms with Crippen LogP contribution in [0.3, 0.4) is 0 Å². The van der Waals surface area contributed by atoms with E-state index in [1.807, 2.05) is 30.3 Å². The van der Waals surface area contributed by atoms with Crippen molar-refractivity contribution in [2.24, 2.45) is 0 Å². The van der Waals surface area contributed by atoms with Crippen molar-refractivity contribution in [1.82, 2.24) is 0 Å². The van der Waals surface area contributed by atoms with Gasteiger partial charge in [-0.1, -0.05) is 48.5 Å². The van der Waals surface area contributed by atoms with Crippen LogP contribution in [0.25, 0.3) is 0 Å². The second kappa shape index (κ2) is 11.5. The van der Waals surface area contributed by atoms with Crippen molar-refractivity contribution in [1.29, 1.82) is 0 Å². The standard InChI is InChI=1S/C27H27F3O5S2/c1-34-23-11-5-9-19-15-20(18-7-3-2-4-8-18)17-36-24(26(19)23)16-35-14-13-21-22(27(28,29)30)10-6-12-25(21)37(31,32)33/h2-12,20,24H,13-17H2,1H3,(H,31,32,33). The van der Waals surface area contributed by atoms with Crippen LogP contribution < -0.4 is 4.74 Å². The van der Waals surface area contributed by atoms with Gasteiger partial charge >= 0.3 is 6.18 Å². The van der Waals surface area contributed by atoms with Crippen molar-refractivity contribution in [2.45, 2.75) is 35.1 Å². The van der Waals surface area contributed by atoms with Crippen molar-refractivity contribution in [3.63, 3.8) is 0 Å². The fraction of sp³-hybridized carbons (Fsp3) is 0.333. The molecule has 0 amide bonds. The average Bonchev–Trinajstić information content (AvgIpc) is 3.05. The third-order valence-corrected chi connectivity index (χ3v) is 8.72. The maximum absolute atomic E-state index is 13.6. The molecule has 2 atom stereocenters. The second-order valence-corrected chi connectivity index (χ2v) is 11.4. The first kappa shape index (κ1) is 27.5. The minimum absolute atomic E-state index is 0.126. The molecule has 5 nitrogen and oxygen atoms in total. The number of alkyl halides is 3. The van der Waals surface area contributed by atoms with E-state index in [4.69, 9.17) is 9.47 Å². The summed E-state index contributed by atoms with van der Waals surface area (Å²) in [6, 6.07) is 18.8. The molecule has 3 aromatic rings. The van der Waals surface area contributed by atoms with Crippen molar-refractivity contribution in [3.8, 4) is 5.75 Å². The molecule has 1 aliphatic heterocycles. The summed E-state index contributed by atoms with van der Waals surface area (Å²) in [5.74, 6) is 1.82. The lowest BCUT2D eigenvalue weighted by Gasteiger charge is -2.21. The number of thioether (sulfide) groups is 1. The number of methoxy groups -OCH3 is 1. The molecule has 0 radical (unpaired) electrons. The Bertz CT molecular complexity index is 1330. The molecule has 0 bridgehead atoms. The lowest BCUT2D eigenvalue weighted by Crippen LogP contribution is -2.16. The van der Waals surface area contributed by atoms with E-state index < -0.39 is 32.3 Å². The van der Waals surface area contributed by atoms with E-state index in [2.05, 4.69) is 18.2 Å². The molecule has 10 heteroatoms. The van der Waals surface area contributed by atoms with Gasteiger partial charge in [-0.15, -0.1) is 0 Å². The van der Waals surface area contributed by atoms with Gasteiger partial charge in [0.2, 0.25) is 0 Å². The predicted molar refractivity (Wildman–Crippen MR) is 137 cm³/mol. The summed E-state index contributed by atoms with van der Waals surface area (Å²) in [4.78, 5) is -0.757. The molecular formula is C27H27F3O5S2. The fourth-order valence-electron chi connectivity index (χ4n) is 4.72. The van der Waals surface area contributed by atoms with Gasteiger partial charge in [0.1, 0.15) is 5.75 Å². The summed E-state index contributed by atoms with van der Waals surface area (Å²) in [5, 5.41) is -0.126. The van der Waals surface area contributed by atoms with E-state index in [-0.39, 0.29) is 30.8 Å². The third kappa shape index (κ3) is 6.49. The summed E-state index contributed by atoms with van der Waals surface area (Å²) in [6.07, 6.45) is -4.28. The van der Waals surface area contributed by atoms with Gasteiger partial charge in [0.25, 0.3) is 10.1 Å². The molecule has 1 aliphatic rings. The maximum Gasteiger partial charge on any atom is 0.416 e. The molecule has 4 rings (SSSR count). The first-order valence-corrected chi connectivity index (χ1v) is 14.1. The molecule has 0 aromatic heterocycles. The lowest BCUT2D eigenvalue weighted by molar-refractivity contribution is -0.138. The van der Waals surface area contributed by atoms with E-state index in [9.17, 15) is 26.1 Å². The van der Waals surface area contributed by atoms with Crippen LogP contribution in [0.4, 0.5) is 13.2 Å². The smallest absolute Gasteiger partial charge is 0.416 e. The summed E-state index contributed by atoms with van der Waals surface area (Å²) >= 11 is 1.70. The molecule has 0 saturated carbocycles. The Hall–Kier alpha value is -2.53. The Balaban J connectivity index is 1.54. The highest BCUT2D eigenvalue weighted by molar-refractivity contribution is 7.99. The topological polar surface area (TPSA) is 72.8 Å². The molecule has 0 aliphatic carbocycles. The Morgan fingerprint density at radius 3 is 2.43 bits per heavy atom. The number of hydrogen-bond acceptors (Lipinski definition) is 5. The van der Waals surface area contributed by atoms with Crippen LogP contribution >= 0.6 is 11.8 Å². The van der Waals surface area contributed by atoms with Gasteiger partial charge in [-0.3, -0.25) is 4.55 Å². The van der Waals surface area contributed by atoms with Crippen molar-refractivity contribution < 1.29 is 35.6 Å². The zero-order valence-electron chi connectivity index (χ0n) is 20.1. The minimum atomic E-state index is -4.84. The monoisotopic (exact) mass is 552 g/mol. The van der Waals surface area contributed by atoms with Crippen LogP contribution in [0.1, 0.15) is 39.0 Å². The molecular weight excluding hydrogens is 525 g/mol. The average molecular weight is 553 g/mol. The Morgan fingerprint density at radius 2 is 1.76 bits per heavy atom. The molecule has 1 N–H and O–H groups in total. The van der Waals surface area contributed by atoms with Crippen LogP contribution in [0.5, 0.6) is 5.75 Å². The predicted octanol–water partition coefficient (Wildman–Crippen LogP) is 6.33. The van der Waals surface area contributed by atoms with Crippen LogP contribution in [0.2, 0.25) is 0 Å². The summed E-state index contributed by atoms with van der Waals surface area (Å²) in [5.41, 5.74) is 1.75. The molecule has 0 fully saturated rings. The van der Waals surface area contributed by atoms with Gasteiger partial charge in [0, 0.05) is 11.3 Å². The van der Waals surface area contributed by atoms with Gasteiger partial charge in [0.15, 0.2) is 0 Å². The third-order valence-electron chi connectivity index (χ3n) is 6.42. The van der Waals surface area contributed by atoms with Crippen LogP contribution in [0.15, 0.2) is 71.6 Å². The summed E-state index contributed by atoms with van der Waals surface area (Å²) in [6.45, 7) is 0.0498. The van der Waals surface area contributed by atoms with Crippen molar-refractivity contribution in [3.05, 3.63) is 94.5 Å². The minimum Gasteiger partial charge on any atom is -0.496 e. The quantitative estimate of drug-likeness (QED) is 0.260. The summed E-state index contributed by atoms with van der Waals surface area (Å²) in [7, 11) is -3.24. The van der Waals surface area contributed by atoms with Crippen LogP contribution in [0, 0.1) is 0 Å². The van der Waals surface area contributed by atoms with Crippen LogP contribution in [-0.4, -0.2) is 39.0 Å². The van der Waals surface area contributed by atoms with Gasteiger partial charge in [0.05, 0.1) is 36.0 Å². The number of hydrogen-bond donors (Lipinski definition) is 1. The van der Waals surface area contributed by atoms with Gasteiger partial charge < -0.3 is 9.47 Å². The first-order valence-electron chi connectivity index (χ1n) is 11.7. The molecule has 37 heavy (non-hydrogen) atoms. The molecule has 0 spiro atoms. The molecule has 3 aromatic carbocycles. The normalized spacial score (nSPS) is 18.2. The molecule has 0 saturated heterocycles. The highest BCUT2D eigenvalue weighted by Crippen LogP contribution is 2.44. The maximum atomic E-state index is 13.6. The highest BCUT2D eigenvalue weighted by Gasteiger charge is 2.36. The van der Waals surface area contributed by atoms with E-state index in [0.29, 0.717) is 0 Å². The Kier molecular flexibility index (Phi) is 8.52. The summed E-state index contributed by atoms with van der Waals surface area (Å²) < 4.78 is 85.1. The number of fused-ring (bicyclic) bond motifs is 1. The zero-order valence-corrected chi connectivity index (χ0v) is 21.7. The van der Waals surface area contributed by atoms with Gasteiger partial charge in [-0.2, -0.15) is 33.4 Å². The van der Waals surface area contributed by atoms with Crippen molar-refractivity contribution in [2.75, 3.05) is 26.1 Å². The number of benzene rings is 3. The molecule has 198 valence electrons. The molecule has 1 heterocycles. The van der Waals surface area contributed by atoms with E-state index in [1.54, 1.807) is 18.9 Å². The Labute approximate surface area is 218 Å². The number of halogens is 3. The van der Waals surface area contributed by atoms with E-state index in [0.717, 1.165) is 47.2 Å². The lowest BCUT2D eigenvalue weighted by atomic mass is 9.90. The van der Waals surface area contributed by atoms with Gasteiger partial charge in [-0.25, -0.2) is 0 Å². The SMILES string of the molecule is COc1cccc2c1C(COCCc1c(C(F)(F)F)cccc1S(=O)(=O)O)SCC(c1ccccc1)C2. The van der Waals surface area contributed by atoms with Crippen molar-refractivity contribution >= 4 is 21.9 Å². The number of ether oxygens (including phenoxy) is 2. The fourth-order valence-corrected chi connectivity index (χ4v) is 6.89. The van der Waals surface area contributed by atoms with E-state index in [1.165, 1.54) is 5.56 Å². The number of rotatable bonds is 8. The van der Waals surface area contributed by atoms with E-state index >= 15 is 0 Å². The zero-order chi connectivity index (χ0) is 26.6. The molecule has 2 unspecified atom stereocenters. The highest BCUT2D eigenvalue weighted by atomic mass is 32.2. The first-order chi connectivity index (χ1) is 17.6. The van der Waals surface area contributed by atoms with Gasteiger partial charge in [-0.05, 0) is 53.6 Å². The van der Waals surface area contributed by atoms with Crippen LogP contribution in [-0.2, 0) is 33.9 Å². The largest absolute Gasteiger partial charge is 0.496 e.